The number of carbonyl (C=O) groups is 1. The molecule has 1 aromatic carbocycles. The average molecular weight is 473 g/mol. The Morgan fingerprint density at radius 2 is 1.88 bits per heavy atom. The Morgan fingerprint density at radius 1 is 1.16 bits per heavy atom. The van der Waals surface area contributed by atoms with Crippen LogP contribution < -0.4 is 15.2 Å². The summed E-state index contributed by atoms with van der Waals surface area (Å²) in [4.78, 5) is 34.7. The summed E-state index contributed by atoms with van der Waals surface area (Å²) in [5.74, 6) is 1.51. The van der Waals surface area contributed by atoms with Crippen LogP contribution in [0, 0.1) is 5.92 Å². The molecule has 1 saturated heterocycles. The van der Waals surface area contributed by atoms with E-state index in [0.717, 1.165) is 24.5 Å². The zero-order valence-corrected chi connectivity index (χ0v) is 20.2. The van der Waals surface area contributed by atoms with E-state index >= 15 is 0 Å². The third-order valence-electron chi connectivity index (χ3n) is 5.47. The van der Waals surface area contributed by atoms with Crippen molar-refractivity contribution in [3.8, 4) is 5.75 Å². The third kappa shape index (κ3) is 4.94. The highest BCUT2D eigenvalue weighted by Gasteiger charge is 2.22. The molecule has 1 amide bonds. The first-order valence-electron chi connectivity index (χ1n) is 10.7. The van der Waals surface area contributed by atoms with Gasteiger partial charge in [0.15, 0.2) is 5.16 Å². The van der Waals surface area contributed by atoms with E-state index in [9.17, 15) is 9.59 Å². The number of rotatable bonds is 7. The number of hydrogen-bond donors (Lipinski definition) is 0. The Kier molecular flexibility index (Phi) is 7.05. The Labute approximate surface area is 196 Å². The number of piperazine rings is 1. The molecule has 3 aromatic rings. The summed E-state index contributed by atoms with van der Waals surface area (Å²) in [6, 6.07) is 9.87. The fraction of sp³-hybridized carbons (Fsp3) is 0.435. The van der Waals surface area contributed by atoms with Gasteiger partial charge < -0.3 is 14.5 Å². The van der Waals surface area contributed by atoms with Crippen molar-refractivity contribution in [2.45, 2.75) is 25.5 Å². The fourth-order valence-electron chi connectivity index (χ4n) is 3.78. The molecule has 0 bridgehead atoms. The van der Waals surface area contributed by atoms with Gasteiger partial charge in [0.2, 0.25) is 5.91 Å². The quantitative estimate of drug-likeness (QED) is 0.387. The van der Waals surface area contributed by atoms with Gasteiger partial charge in [-0.3, -0.25) is 14.2 Å². The molecular weight excluding hydrogens is 444 g/mol. The summed E-state index contributed by atoms with van der Waals surface area (Å²) < 4.78 is 7.63. The Balaban J connectivity index is 1.39. The van der Waals surface area contributed by atoms with Gasteiger partial charge in [-0.1, -0.05) is 25.6 Å². The van der Waals surface area contributed by atoms with Gasteiger partial charge in [0.05, 0.1) is 18.4 Å². The summed E-state index contributed by atoms with van der Waals surface area (Å²) >= 11 is 2.78. The van der Waals surface area contributed by atoms with Gasteiger partial charge in [-0.25, -0.2) is 4.98 Å². The number of amides is 1. The van der Waals surface area contributed by atoms with Crippen LogP contribution in [0.3, 0.4) is 0 Å². The van der Waals surface area contributed by atoms with Gasteiger partial charge in [0.25, 0.3) is 5.56 Å². The zero-order chi connectivity index (χ0) is 22.7. The number of hydrogen-bond acceptors (Lipinski definition) is 7. The lowest BCUT2D eigenvalue weighted by Crippen LogP contribution is -2.49. The highest BCUT2D eigenvalue weighted by molar-refractivity contribution is 7.99. The predicted molar refractivity (Wildman–Crippen MR) is 131 cm³/mol. The predicted octanol–water partition coefficient (Wildman–Crippen LogP) is 3.56. The number of ether oxygens (including phenoxy) is 1. The van der Waals surface area contributed by atoms with Crippen molar-refractivity contribution in [1.29, 1.82) is 0 Å². The molecule has 170 valence electrons. The topological polar surface area (TPSA) is 67.7 Å². The fourth-order valence-corrected chi connectivity index (χ4v) is 5.47. The van der Waals surface area contributed by atoms with Crippen LogP contribution in [0.15, 0.2) is 45.7 Å². The van der Waals surface area contributed by atoms with E-state index in [0.29, 0.717) is 40.9 Å². The van der Waals surface area contributed by atoms with Crippen LogP contribution in [0.25, 0.3) is 10.2 Å². The SMILES string of the molecule is COc1ccc(N2CCN(C(=O)CSc3nc4ccsc4c(=O)n3CC(C)C)CC2)cc1. The Hall–Kier alpha value is -2.52. The largest absolute Gasteiger partial charge is 0.497 e. The van der Waals surface area contributed by atoms with Crippen molar-refractivity contribution in [2.75, 3.05) is 43.9 Å². The van der Waals surface area contributed by atoms with Gasteiger partial charge in [-0.05, 0) is 41.6 Å². The van der Waals surface area contributed by atoms with Gasteiger partial charge in [0.1, 0.15) is 10.4 Å². The number of carbonyl (C=O) groups excluding carboxylic acids is 1. The molecular formula is C23H28N4O3S2. The van der Waals surface area contributed by atoms with Crippen LogP contribution in [0.1, 0.15) is 13.8 Å². The molecule has 7 nitrogen and oxygen atoms in total. The van der Waals surface area contributed by atoms with E-state index in [1.54, 1.807) is 11.7 Å². The lowest BCUT2D eigenvalue weighted by Gasteiger charge is -2.36. The average Bonchev–Trinajstić information content (AvgIpc) is 3.28. The standard InChI is InChI=1S/C23H28N4O3S2/c1-16(2)14-27-22(29)21-19(8-13-31-21)24-23(27)32-15-20(28)26-11-9-25(10-12-26)17-4-6-18(30-3)7-5-17/h4-8,13,16H,9-12,14-15H2,1-3H3. The molecule has 4 rings (SSSR count). The summed E-state index contributed by atoms with van der Waals surface area (Å²) in [7, 11) is 1.66. The molecule has 0 aliphatic carbocycles. The molecule has 3 heterocycles. The molecule has 0 N–H and O–H groups in total. The lowest BCUT2D eigenvalue weighted by molar-refractivity contribution is -0.128. The molecule has 0 saturated carbocycles. The van der Waals surface area contributed by atoms with Crippen molar-refractivity contribution < 1.29 is 9.53 Å². The van der Waals surface area contributed by atoms with E-state index in [2.05, 4.69) is 23.7 Å². The number of nitrogens with zero attached hydrogens (tertiary/aromatic N) is 4. The van der Waals surface area contributed by atoms with Gasteiger partial charge >= 0.3 is 0 Å². The van der Waals surface area contributed by atoms with E-state index in [-0.39, 0.29) is 17.2 Å². The number of aromatic nitrogens is 2. The van der Waals surface area contributed by atoms with Crippen LogP contribution in [0.4, 0.5) is 5.69 Å². The highest BCUT2D eigenvalue weighted by atomic mass is 32.2. The first-order valence-corrected chi connectivity index (χ1v) is 12.6. The first-order chi connectivity index (χ1) is 15.5. The number of thioether (sulfide) groups is 1. The molecule has 1 fully saturated rings. The summed E-state index contributed by atoms with van der Waals surface area (Å²) in [6.07, 6.45) is 0. The van der Waals surface area contributed by atoms with Crippen LogP contribution in [0.2, 0.25) is 0 Å². The maximum absolute atomic E-state index is 12.9. The smallest absolute Gasteiger partial charge is 0.272 e. The van der Waals surface area contributed by atoms with Crippen LogP contribution in [-0.4, -0.2) is 59.4 Å². The molecule has 0 radical (unpaired) electrons. The minimum Gasteiger partial charge on any atom is -0.497 e. The number of thiophene rings is 1. The second-order valence-electron chi connectivity index (χ2n) is 8.19. The molecule has 32 heavy (non-hydrogen) atoms. The molecule has 0 atom stereocenters. The van der Waals surface area contributed by atoms with Crippen LogP contribution >= 0.6 is 23.1 Å². The van der Waals surface area contributed by atoms with E-state index < -0.39 is 0 Å². The first kappa shape index (κ1) is 22.7. The summed E-state index contributed by atoms with van der Waals surface area (Å²) in [5, 5.41) is 2.51. The van der Waals surface area contributed by atoms with E-state index in [1.165, 1.54) is 23.1 Å². The number of anilines is 1. The van der Waals surface area contributed by atoms with Gasteiger partial charge in [-0.15, -0.1) is 11.3 Å². The van der Waals surface area contributed by atoms with Crippen molar-refractivity contribution in [3.63, 3.8) is 0 Å². The molecule has 1 aliphatic heterocycles. The van der Waals surface area contributed by atoms with Crippen molar-refractivity contribution in [1.82, 2.24) is 14.5 Å². The lowest BCUT2D eigenvalue weighted by atomic mass is 10.2. The minimum atomic E-state index is -0.0123. The van der Waals surface area contributed by atoms with Gasteiger partial charge in [-0.2, -0.15) is 0 Å². The monoisotopic (exact) mass is 472 g/mol. The molecule has 0 spiro atoms. The van der Waals surface area contributed by atoms with E-state index in [1.807, 2.05) is 40.6 Å². The third-order valence-corrected chi connectivity index (χ3v) is 7.33. The summed E-state index contributed by atoms with van der Waals surface area (Å²) in [5.41, 5.74) is 1.84. The molecule has 0 unspecified atom stereocenters. The summed E-state index contributed by atoms with van der Waals surface area (Å²) in [6.45, 7) is 7.69. The highest BCUT2D eigenvalue weighted by Crippen LogP contribution is 2.23. The van der Waals surface area contributed by atoms with Crippen LogP contribution in [-0.2, 0) is 11.3 Å². The minimum absolute atomic E-state index is 0.0123. The maximum Gasteiger partial charge on any atom is 0.272 e. The molecule has 1 aliphatic rings. The Morgan fingerprint density at radius 3 is 2.53 bits per heavy atom. The van der Waals surface area contributed by atoms with E-state index in [4.69, 9.17) is 4.74 Å². The normalized spacial score (nSPS) is 14.4. The van der Waals surface area contributed by atoms with Crippen LogP contribution in [0.5, 0.6) is 5.75 Å². The Bertz CT molecular complexity index is 1130. The molecule has 9 heteroatoms. The molecule has 2 aromatic heterocycles. The second kappa shape index (κ2) is 9.95. The number of benzene rings is 1. The van der Waals surface area contributed by atoms with Crippen molar-refractivity contribution in [3.05, 3.63) is 46.1 Å². The van der Waals surface area contributed by atoms with Crippen molar-refractivity contribution >= 4 is 44.9 Å². The van der Waals surface area contributed by atoms with Gasteiger partial charge in [0, 0.05) is 38.4 Å². The number of fused-ring (bicyclic) bond motifs is 1. The zero-order valence-electron chi connectivity index (χ0n) is 18.6. The maximum atomic E-state index is 12.9. The second-order valence-corrected chi connectivity index (χ2v) is 10.1. The number of methoxy groups -OCH3 is 1. The van der Waals surface area contributed by atoms with Crippen molar-refractivity contribution in [2.24, 2.45) is 5.92 Å².